The zero-order valence-corrected chi connectivity index (χ0v) is 15.2. The number of ether oxygens (including phenoxy) is 2. The first-order valence-electron chi connectivity index (χ1n) is 9.21. The molecule has 1 amide bonds. The number of amides is 1. The number of nitrogens with one attached hydrogen (secondary N) is 2. The van der Waals surface area contributed by atoms with Crippen molar-refractivity contribution in [2.24, 2.45) is 0 Å². The molecule has 2 aromatic carbocycles. The number of carbonyl (C=O) groups is 1. The zero-order chi connectivity index (χ0) is 18.1. The van der Waals surface area contributed by atoms with Crippen LogP contribution in [0.3, 0.4) is 0 Å². The lowest BCUT2D eigenvalue weighted by Gasteiger charge is -2.16. The minimum absolute atomic E-state index is 0.0360. The van der Waals surface area contributed by atoms with Crippen molar-refractivity contribution < 1.29 is 14.3 Å². The van der Waals surface area contributed by atoms with Gasteiger partial charge in [-0.25, -0.2) is 0 Å². The Kier molecular flexibility index (Phi) is 4.55. The van der Waals surface area contributed by atoms with Crippen molar-refractivity contribution in [2.75, 3.05) is 11.9 Å². The summed E-state index contributed by atoms with van der Waals surface area (Å²) in [7, 11) is 0. The molecule has 0 saturated heterocycles. The monoisotopic (exact) mass is 352 g/mol. The average Bonchev–Trinajstić information content (AvgIpc) is 3.18. The van der Waals surface area contributed by atoms with E-state index in [2.05, 4.69) is 22.8 Å². The van der Waals surface area contributed by atoms with E-state index in [0.29, 0.717) is 24.5 Å². The van der Waals surface area contributed by atoms with Crippen LogP contribution in [0.1, 0.15) is 43.0 Å². The molecule has 0 saturated carbocycles. The van der Waals surface area contributed by atoms with Crippen molar-refractivity contribution in [3.63, 3.8) is 0 Å². The SMILES string of the molecule is CCOc1cc2c(cc1NC(=O)CC1NCc3ccccc31)OC(C)C2. The molecule has 0 radical (unpaired) electrons. The van der Waals surface area contributed by atoms with Gasteiger partial charge in [-0.3, -0.25) is 4.79 Å². The molecule has 0 aromatic heterocycles. The van der Waals surface area contributed by atoms with Crippen LogP contribution in [0.4, 0.5) is 5.69 Å². The van der Waals surface area contributed by atoms with Crippen molar-refractivity contribution in [2.45, 2.75) is 45.4 Å². The highest BCUT2D eigenvalue weighted by molar-refractivity contribution is 5.93. The van der Waals surface area contributed by atoms with Crippen LogP contribution in [0.25, 0.3) is 0 Å². The van der Waals surface area contributed by atoms with Crippen molar-refractivity contribution in [3.05, 3.63) is 53.1 Å². The van der Waals surface area contributed by atoms with Gasteiger partial charge in [0, 0.05) is 37.1 Å². The van der Waals surface area contributed by atoms with Gasteiger partial charge in [0.15, 0.2) is 0 Å². The van der Waals surface area contributed by atoms with E-state index in [-0.39, 0.29) is 18.1 Å². The van der Waals surface area contributed by atoms with Crippen LogP contribution in [0.15, 0.2) is 36.4 Å². The van der Waals surface area contributed by atoms with Gasteiger partial charge in [-0.2, -0.15) is 0 Å². The molecular weight excluding hydrogens is 328 g/mol. The summed E-state index contributed by atoms with van der Waals surface area (Å²) in [4.78, 5) is 12.7. The topological polar surface area (TPSA) is 59.6 Å². The van der Waals surface area contributed by atoms with Crippen LogP contribution < -0.4 is 20.1 Å². The summed E-state index contributed by atoms with van der Waals surface area (Å²) < 4.78 is 11.6. The van der Waals surface area contributed by atoms with Gasteiger partial charge in [0.05, 0.1) is 12.3 Å². The Bertz CT molecular complexity index is 834. The predicted octanol–water partition coefficient (Wildman–Crippen LogP) is 3.58. The third-order valence-electron chi connectivity index (χ3n) is 4.93. The lowest BCUT2D eigenvalue weighted by atomic mass is 10.0. The van der Waals surface area contributed by atoms with Crippen LogP contribution in [0.5, 0.6) is 11.5 Å². The van der Waals surface area contributed by atoms with E-state index >= 15 is 0 Å². The van der Waals surface area contributed by atoms with Crippen LogP contribution in [-0.4, -0.2) is 18.6 Å². The van der Waals surface area contributed by atoms with Crippen molar-refractivity contribution in [1.29, 1.82) is 0 Å². The summed E-state index contributed by atoms with van der Waals surface area (Å²) in [5.74, 6) is 1.50. The number of fused-ring (bicyclic) bond motifs is 2. The largest absolute Gasteiger partial charge is 0.492 e. The maximum atomic E-state index is 12.7. The highest BCUT2D eigenvalue weighted by Gasteiger charge is 2.26. The van der Waals surface area contributed by atoms with Crippen LogP contribution >= 0.6 is 0 Å². The van der Waals surface area contributed by atoms with E-state index in [0.717, 1.165) is 24.3 Å². The van der Waals surface area contributed by atoms with E-state index in [9.17, 15) is 4.79 Å². The standard InChI is InChI=1S/C21H24N2O3/c1-3-25-20-9-15-8-13(2)26-19(15)10-18(20)23-21(24)11-17-16-7-5-4-6-14(16)12-22-17/h4-7,9-10,13,17,22H,3,8,11-12H2,1-2H3,(H,23,24). The normalized spacial score (nSPS) is 20.2. The molecule has 5 nitrogen and oxygen atoms in total. The molecular formula is C21H24N2O3. The van der Waals surface area contributed by atoms with Gasteiger partial charge in [-0.05, 0) is 31.0 Å². The highest BCUT2D eigenvalue weighted by atomic mass is 16.5. The fraction of sp³-hybridized carbons (Fsp3) is 0.381. The van der Waals surface area contributed by atoms with Crippen molar-refractivity contribution in [3.8, 4) is 11.5 Å². The Morgan fingerprint density at radius 1 is 1.31 bits per heavy atom. The van der Waals surface area contributed by atoms with E-state index in [1.54, 1.807) is 0 Å². The maximum Gasteiger partial charge on any atom is 0.226 e. The molecule has 2 unspecified atom stereocenters. The smallest absolute Gasteiger partial charge is 0.226 e. The van der Waals surface area contributed by atoms with Gasteiger partial charge in [0.1, 0.15) is 17.6 Å². The lowest BCUT2D eigenvalue weighted by molar-refractivity contribution is -0.116. The van der Waals surface area contributed by atoms with Crippen molar-refractivity contribution in [1.82, 2.24) is 5.32 Å². The molecule has 0 aliphatic carbocycles. The van der Waals surface area contributed by atoms with Crippen LogP contribution in [0.2, 0.25) is 0 Å². The second-order valence-corrected chi connectivity index (χ2v) is 6.91. The fourth-order valence-corrected chi connectivity index (χ4v) is 3.76. The Morgan fingerprint density at radius 3 is 3.00 bits per heavy atom. The number of hydrogen-bond acceptors (Lipinski definition) is 4. The van der Waals surface area contributed by atoms with Gasteiger partial charge in [-0.15, -0.1) is 0 Å². The fourth-order valence-electron chi connectivity index (χ4n) is 3.76. The third kappa shape index (κ3) is 3.27. The number of benzene rings is 2. The van der Waals surface area contributed by atoms with E-state index < -0.39 is 0 Å². The molecule has 2 aliphatic heterocycles. The van der Waals surface area contributed by atoms with E-state index in [4.69, 9.17) is 9.47 Å². The maximum absolute atomic E-state index is 12.7. The average molecular weight is 352 g/mol. The molecule has 2 aromatic rings. The number of hydrogen-bond donors (Lipinski definition) is 2. The van der Waals surface area contributed by atoms with E-state index in [1.807, 2.05) is 38.1 Å². The van der Waals surface area contributed by atoms with Crippen molar-refractivity contribution >= 4 is 11.6 Å². The summed E-state index contributed by atoms with van der Waals surface area (Å²) in [5.41, 5.74) is 4.28. The Balaban J connectivity index is 1.50. The second kappa shape index (κ2) is 7.00. The number of carbonyl (C=O) groups excluding carboxylic acids is 1. The molecule has 5 heteroatoms. The second-order valence-electron chi connectivity index (χ2n) is 6.91. The Hall–Kier alpha value is -2.53. The summed E-state index contributed by atoms with van der Waals surface area (Å²) in [6.07, 6.45) is 1.41. The highest BCUT2D eigenvalue weighted by Crippen LogP contribution is 2.38. The Morgan fingerprint density at radius 2 is 2.15 bits per heavy atom. The van der Waals surface area contributed by atoms with Gasteiger partial charge in [0.2, 0.25) is 5.91 Å². The molecule has 136 valence electrons. The van der Waals surface area contributed by atoms with Gasteiger partial charge in [-0.1, -0.05) is 24.3 Å². The molecule has 0 bridgehead atoms. The first kappa shape index (κ1) is 16.9. The van der Waals surface area contributed by atoms with E-state index in [1.165, 1.54) is 11.1 Å². The molecule has 2 aliphatic rings. The molecule has 2 atom stereocenters. The molecule has 2 heterocycles. The van der Waals surface area contributed by atoms with Crippen LogP contribution in [0, 0.1) is 0 Å². The van der Waals surface area contributed by atoms with Gasteiger partial charge < -0.3 is 20.1 Å². The quantitative estimate of drug-likeness (QED) is 0.863. The number of anilines is 1. The first-order valence-corrected chi connectivity index (χ1v) is 9.21. The minimum atomic E-state index is -0.0360. The molecule has 0 fully saturated rings. The summed E-state index contributed by atoms with van der Waals surface area (Å²) in [6, 6.07) is 12.2. The van der Waals surface area contributed by atoms with Crippen LogP contribution in [-0.2, 0) is 17.8 Å². The molecule has 26 heavy (non-hydrogen) atoms. The predicted molar refractivity (Wildman–Crippen MR) is 101 cm³/mol. The lowest BCUT2D eigenvalue weighted by Crippen LogP contribution is -2.21. The Labute approximate surface area is 153 Å². The minimum Gasteiger partial charge on any atom is -0.492 e. The summed E-state index contributed by atoms with van der Waals surface area (Å²) in [5, 5.41) is 6.42. The third-order valence-corrected chi connectivity index (χ3v) is 4.93. The molecule has 0 spiro atoms. The first-order chi connectivity index (χ1) is 12.6. The van der Waals surface area contributed by atoms with Gasteiger partial charge >= 0.3 is 0 Å². The molecule has 2 N–H and O–H groups in total. The summed E-state index contributed by atoms with van der Waals surface area (Å²) >= 11 is 0. The summed E-state index contributed by atoms with van der Waals surface area (Å²) in [6.45, 7) is 5.34. The number of rotatable bonds is 5. The van der Waals surface area contributed by atoms with Gasteiger partial charge in [0.25, 0.3) is 0 Å². The zero-order valence-electron chi connectivity index (χ0n) is 15.2. The molecule has 4 rings (SSSR count).